The highest BCUT2D eigenvalue weighted by Gasteiger charge is 2.50. The lowest BCUT2D eigenvalue weighted by Crippen LogP contribution is -2.42. The molecule has 1 atom stereocenters. The van der Waals surface area contributed by atoms with Gasteiger partial charge in [0.2, 0.25) is 0 Å². The zero-order valence-corrected chi connectivity index (χ0v) is 14.9. The molecule has 3 rings (SSSR count). The van der Waals surface area contributed by atoms with Gasteiger partial charge in [-0.1, -0.05) is 30.4 Å². The lowest BCUT2D eigenvalue weighted by Gasteiger charge is -2.23. The second kappa shape index (κ2) is 6.77. The van der Waals surface area contributed by atoms with Crippen molar-refractivity contribution in [1.82, 2.24) is 0 Å². The number of Topliss-reactive ketones (excluding diaryl/α,β-unsaturated/α-hetero) is 1. The molecule has 134 valence electrons. The Kier molecular flexibility index (Phi) is 4.66. The summed E-state index contributed by atoms with van der Waals surface area (Å²) in [6.07, 6.45) is -0.318. The number of hydrogen-bond donors (Lipinski definition) is 1. The Morgan fingerprint density at radius 2 is 1.85 bits per heavy atom. The van der Waals surface area contributed by atoms with E-state index in [-0.39, 0.29) is 12.2 Å². The molecular formula is C21H21NO4. The molecule has 5 heteroatoms. The number of methoxy groups -OCH3 is 1. The molecule has 1 unspecified atom stereocenters. The van der Waals surface area contributed by atoms with Crippen LogP contribution in [0.2, 0.25) is 0 Å². The van der Waals surface area contributed by atoms with Gasteiger partial charge in [-0.15, -0.1) is 0 Å². The standard InChI is InChI=1S/C21H21NO4/c1-14(2)13-22-18-7-5-4-6-17(18)21(25,20(22)24)12-19(23)15-8-10-16(26-3)11-9-15/h4-11,25H,1,12-13H2,2-3H3. The Balaban J connectivity index is 1.93. The zero-order valence-electron chi connectivity index (χ0n) is 14.9. The number of aliphatic hydroxyl groups is 1. The Morgan fingerprint density at radius 1 is 1.19 bits per heavy atom. The minimum atomic E-state index is -1.87. The van der Waals surface area contributed by atoms with Crippen LogP contribution in [0.4, 0.5) is 5.69 Å². The summed E-state index contributed by atoms with van der Waals surface area (Å²) in [5.41, 5.74) is 0.406. The number of rotatable bonds is 6. The molecule has 1 N–H and O–H groups in total. The van der Waals surface area contributed by atoms with Crippen LogP contribution in [-0.4, -0.2) is 30.5 Å². The predicted molar refractivity (Wildman–Crippen MR) is 99.4 cm³/mol. The van der Waals surface area contributed by atoms with Gasteiger partial charge in [-0.2, -0.15) is 0 Å². The quantitative estimate of drug-likeness (QED) is 0.642. The highest BCUT2D eigenvalue weighted by Crippen LogP contribution is 2.43. The molecular weight excluding hydrogens is 330 g/mol. The Labute approximate surface area is 152 Å². The summed E-state index contributed by atoms with van der Waals surface area (Å²) >= 11 is 0. The number of amides is 1. The summed E-state index contributed by atoms with van der Waals surface area (Å²) in [4.78, 5) is 27.1. The Bertz CT molecular complexity index is 872. The monoisotopic (exact) mass is 351 g/mol. The number of para-hydroxylation sites is 1. The highest BCUT2D eigenvalue weighted by molar-refractivity contribution is 6.11. The fraction of sp³-hybridized carbons (Fsp3) is 0.238. The minimum Gasteiger partial charge on any atom is -0.497 e. The van der Waals surface area contributed by atoms with Gasteiger partial charge in [-0.25, -0.2) is 0 Å². The number of anilines is 1. The number of carbonyl (C=O) groups is 2. The van der Waals surface area contributed by atoms with Crippen molar-refractivity contribution >= 4 is 17.4 Å². The maximum absolute atomic E-state index is 12.9. The first-order valence-corrected chi connectivity index (χ1v) is 8.32. The summed E-state index contributed by atoms with van der Waals surface area (Å²) in [5, 5.41) is 11.2. The first-order chi connectivity index (χ1) is 12.4. The van der Waals surface area contributed by atoms with Gasteiger partial charge in [0, 0.05) is 17.7 Å². The lowest BCUT2D eigenvalue weighted by molar-refractivity contribution is -0.135. The van der Waals surface area contributed by atoms with Crippen molar-refractivity contribution in [2.24, 2.45) is 0 Å². The smallest absolute Gasteiger partial charge is 0.264 e. The zero-order chi connectivity index (χ0) is 18.9. The van der Waals surface area contributed by atoms with E-state index in [2.05, 4.69) is 6.58 Å². The number of carbonyl (C=O) groups excluding carboxylic acids is 2. The summed E-state index contributed by atoms with van der Waals surface area (Å²) in [6, 6.07) is 13.6. The van der Waals surface area contributed by atoms with Crippen molar-refractivity contribution in [2.75, 3.05) is 18.6 Å². The van der Waals surface area contributed by atoms with Crippen molar-refractivity contribution < 1.29 is 19.4 Å². The molecule has 0 fully saturated rings. The van der Waals surface area contributed by atoms with E-state index in [1.165, 1.54) is 4.90 Å². The number of benzene rings is 2. The normalized spacial score (nSPS) is 18.6. The number of nitrogens with zero attached hydrogens (tertiary/aromatic N) is 1. The third-order valence-electron chi connectivity index (χ3n) is 4.50. The number of fused-ring (bicyclic) bond motifs is 1. The molecule has 0 saturated heterocycles. The van der Waals surface area contributed by atoms with Crippen molar-refractivity contribution in [2.45, 2.75) is 18.9 Å². The number of hydrogen-bond acceptors (Lipinski definition) is 4. The Hall–Kier alpha value is -2.92. The maximum Gasteiger partial charge on any atom is 0.264 e. The van der Waals surface area contributed by atoms with Crippen LogP contribution in [0.15, 0.2) is 60.7 Å². The molecule has 26 heavy (non-hydrogen) atoms. The van der Waals surface area contributed by atoms with Gasteiger partial charge >= 0.3 is 0 Å². The van der Waals surface area contributed by atoms with Gasteiger partial charge in [0.25, 0.3) is 5.91 Å². The van der Waals surface area contributed by atoms with E-state index in [9.17, 15) is 14.7 Å². The van der Waals surface area contributed by atoms with Crippen LogP contribution < -0.4 is 9.64 Å². The predicted octanol–water partition coefficient (Wildman–Crippen LogP) is 3.08. The van der Waals surface area contributed by atoms with Gasteiger partial charge in [0.1, 0.15) is 5.75 Å². The first kappa shape index (κ1) is 17.9. The molecule has 0 aliphatic carbocycles. The van der Waals surface area contributed by atoms with Gasteiger partial charge in [0.05, 0.1) is 19.2 Å². The fourth-order valence-corrected chi connectivity index (χ4v) is 3.22. The second-order valence-corrected chi connectivity index (χ2v) is 6.55. The second-order valence-electron chi connectivity index (χ2n) is 6.55. The molecule has 2 aromatic rings. The van der Waals surface area contributed by atoms with E-state index in [0.717, 1.165) is 5.57 Å². The topological polar surface area (TPSA) is 66.8 Å². The summed E-state index contributed by atoms with van der Waals surface area (Å²) in [7, 11) is 1.55. The number of ketones is 1. The summed E-state index contributed by atoms with van der Waals surface area (Å²) in [5.74, 6) is -0.172. The van der Waals surface area contributed by atoms with Crippen molar-refractivity contribution in [1.29, 1.82) is 0 Å². The minimum absolute atomic E-state index is 0.300. The van der Waals surface area contributed by atoms with Crippen LogP contribution >= 0.6 is 0 Å². The Morgan fingerprint density at radius 3 is 2.46 bits per heavy atom. The van der Waals surface area contributed by atoms with Crippen LogP contribution in [0.3, 0.4) is 0 Å². The molecule has 0 aromatic heterocycles. The van der Waals surface area contributed by atoms with Crippen molar-refractivity contribution in [3.8, 4) is 5.75 Å². The molecule has 1 aliphatic heterocycles. The molecule has 5 nitrogen and oxygen atoms in total. The van der Waals surface area contributed by atoms with Gasteiger partial charge in [0.15, 0.2) is 11.4 Å². The van der Waals surface area contributed by atoms with Gasteiger partial charge in [-0.3, -0.25) is 9.59 Å². The number of ether oxygens (including phenoxy) is 1. The summed E-state index contributed by atoms with van der Waals surface area (Å²) in [6.45, 7) is 5.96. The molecule has 1 heterocycles. The lowest BCUT2D eigenvalue weighted by atomic mass is 9.88. The van der Waals surface area contributed by atoms with Crippen molar-refractivity contribution in [3.63, 3.8) is 0 Å². The van der Waals surface area contributed by atoms with Gasteiger partial charge in [-0.05, 0) is 37.3 Å². The average Bonchev–Trinajstić information content (AvgIpc) is 2.84. The molecule has 0 saturated carbocycles. The van der Waals surface area contributed by atoms with Crippen LogP contribution in [0.1, 0.15) is 29.3 Å². The summed E-state index contributed by atoms with van der Waals surface area (Å²) < 4.78 is 5.09. The third kappa shape index (κ3) is 3.02. The van der Waals surface area contributed by atoms with Gasteiger partial charge < -0.3 is 14.7 Å². The molecule has 2 aromatic carbocycles. The van der Waals surface area contributed by atoms with E-state index in [4.69, 9.17) is 4.74 Å². The largest absolute Gasteiger partial charge is 0.497 e. The highest BCUT2D eigenvalue weighted by atomic mass is 16.5. The molecule has 0 radical (unpaired) electrons. The van der Waals surface area contributed by atoms with E-state index >= 15 is 0 Å². The SMILES string of the molecule is C=C(C)CN1C(=O)C(O)(CC(=O)c2ccc(OC)cc2)c2ccccc21. The van der Waals surface area contributed by atoms with Crippen LogP contribution in [0.25, 0.3) is 0 Å². The van der Waals surface area contributed by atoms with Crippen molar-refractivity contribution in [3.05, 3.63) is 71.8 Å². The molecule has 0 bridgehead atoms. The van der Waals surface area contributed by atoms with E-state index in [0.29, 0.717) is 29.1 Å². The molecule has 1 amide bonds. The molecule has 0 spiro atoms. The maximum atomic E-state index is 12.9. The van der Waals surface area contributed by atoms with Crippen LogP contribution in [0.5, 0.6) is 5.75 Å². The van der Waals surface area contributed by atoms with E-state index in [1.807, 2.05) is 6.92 Å². The van der Waals surface area contributed by atoms with Crippen LogP contribution in [0, 0.1) is 0 Å². The van der Waals surface area contributed by atoms with E-state index < -0.39 is 11.5 Å². The third-order valence-corrected chi connectivity index (χ3v) is 4.50. The molecule has 1 aliphatic rings. The average molecular weight is 351 g/mol. The van der Waals surface area contributed by atoms with E-state index in [1.54, 1.807) is 55.6 Å². The van der Waals surface area contributed by atoms with Crippen LogP contribution in [-0.2, 0) is 10.4 Å². The fourth-order valence-electron chi connectivity index (χ4n) is 3.22. The first-order valence-electron chi connectivity index (χ1n) is 8.32.